The molecule has 3 aromatic heterocycles. The first kappa shape index (κ1) is 15.1. The highest BCUT2D eigenvalue weighted by atomic mass is 32.2. The van der Waals surface area contributed by atoms with E-state index in [1.807, 2.05) is 47.3 Å². The highest BCUT2D eigenvalue weighted by molar-refractivity contribution is 7.98. The van der Waals surface area contributed by atoms with Crippen LogP contribution < -0.4 is 5.32 Å². The first-order chi connectivity index (χ1) is 10.7. The maximum atomic E-state index is 11.8. The number of nitrogens with zero attached hydrogens (tertiary/aromatic N) is 3. The molecule has 3 heterocycles. The summed E-state index contributed by atoms with van der Waals surface area (Å²) in [5.41, 5.74) is 2.92. The average Bonchev–Trinajstić information content (AvgIpc) is 3.09. The minimum atomic E-state index is 0.0110. The molecule has 0 spiro atoms. The first-order valence-electron chi connectivity index (χ1n) is 6.93. The summed E-state index contributed by atoms with van der Waals surface area (Å²) in [7, 11) is 0. The van der Waals surface area contributed by atoms with Crippen molar-refractivity contribution in [3.63, 3.8) is 0 Å². The van der Waals surface area contributed by atoms with E-state index in [-0.39, 0.29) is 5.91 Å². The fourth-order valence-electron chi connectivity index (χ4n) is 1.99. The third-order valence-corrected chi connectivity index (χ3v) is 4.87. The molecule has 7 heteroatoms. The van der Waals surface area contributed by atoms with Gasteiger partial charge in [-0.25, -0.2) is 9.97 Å². The molecule has 114 valence electrons. The molecule has 0 atom stereocenters. The fraction of sp³-hybridized carbons (Fsp3) is 0.267. The largest absolute Gasteiger partial charge is 0.307 e. The Hall–Kier alpha value is -1.86. The van der Waals surface area contributed by atoms with Crippen LogP contribution >= 0.6 is 23.1 Å². The summed E-state index contributed by atoms with van der Waals surface area (Å²) in [6.07, 6.45) is 4.50. The van der Waals surface area contributed by atoms with Crippen LogP contribution in [0, 0.1) is 6.92 Å². The number of carbonyl (C=O) groups is 1. The zero-order chi connectivity index (χ0) is 15.4. The van der Waals surface area contributed by atoms with E-state index in [1.165, 1.54) is 11.3 Å². The molecule has 0 aromatic carbocycles. The number of fused-ring (bicyclic) bond motifs is 1. The van der Waals surface area contributed by atoms with E-state index >= 15 is 0 Å². The minimum Gasteiger partial charge on any atom is -0.307 e. The standard InChI is InChI=1S/C15H16N4OS2/c1-11-9-22-15(16-11)18-14(20)5-7-21-10-12-8-19-6-3-2-4-13(19)17-12/h2-4,6,8-9H,5,7,10H2,1H3,(H,16,18,20). The number of hydrogen-bond donors (Lipinski definition) is 1. The van der Waals surface area contributed by atoms with Crippen LogP contribution in [-0.4, -0.2) is 26.0 Å². The third-order valence-electron chi connectivity index (χ3n) is 3.00. The molecule has 0 bridgehead atoms. The summed E-state index contributed by atoms with van der Waals surface area (Å²) in [5, 5.41) is 5.42. The van der Waals surface area contributed by atoms with Gasteiger partial charge in [0.15, 0.2) is 5.13 Å². The Bertz CT molecular complexity index is 748. The second kappa shape index (κ2) is 6.93. The predicted octanol–water partition coefficient (Wildman–Crippen LogP) is 3.36. The van der Waals surface area contributed by atoms with Gasteiger partial charge in [0.1, 0.15) is 5.65 Å². The van der Waals surface area contributed by atoms with Crippen molar-refractivity contribution in [2.75, 3.05) is 11.1 Å². The van der Waals surface area contributed by atoms with Gasteiger partial charge in [0.05, 0.1) is 11.4 Å². The quantitative estimate of drug-likeness (QED) is 0.703. The van der Waals surface area contributed by atoms with Gasteiger partial charge in [0, 0.05) is 35.7 Å². The monoisotopic (exact) mass is 332 g/mol. The lowest BCUT2D eigenvalue weighted by Crippen LogP contribution is -2.12. The molecule has 0 aliphatic carbocycles. The molecule has 3 rings (SSSR count). The molecule has 22 heavy (non-hydrogen) atoms. The zero-order valence-corrected chi connectivity index (χ0v) is 13.8. The van der Waals surface area contributed by atoms with Gasteiger partial charge < -0.3 is 9.72 Å². The molecule has 1 amide bonds. The van der Waals surface area contributed by atoms with Crippen LogP contribution in [0.25, 0.3) is 5.65 Å². The van der Waals surface area contributed by atoms with Crippen molar-refractivity contribution in [3.05, 3.63) is 47.4 Å². The van der Waals surface area contributed by atoms with Gasteiger partial charge in [-0.15, -0.1) is 11.3 Å². The lowest BCUT2D eigenvalue weighted by molar-refractivity contribution is -0.115. The van der Waals surface area contributed by atoms with Crippen LogP contribution in [0.5, 0.6) is 0 Å². The second-order valence-corrected chi connectivity index (χ2v) is 6.81. The Kier molecular flexibility index (Phi) is 4.74. The third kappa shape index (κ3) is 3.86. The van der Waals surface area contributed by atoms with Gasteiger partial charge in [-0.3, -0.25) is 4.79 Å². The van der Waals surface area contributed by atoms with Crippen LogP contribution in [0.2, 0.25) is 0 Å². The molecule has 0 aliphatic heterocycles. The van der Waals surface area contributed by atoms with E-state index in [0.29, 0.717) is 11.6 Å². The Morgan fingerprint density at radius 3 is 3.09 bits per heavy atom. The van der Waals surface area contributed by atoms with E-state index in [1.54, 1.807) is 11.8 Å². The summed E-state index contributed by atoms with van der Waals surface area (Å²) in [5.74, 6) is 1.59. The Balaban J connectivity index is 1.42. The second-order valence-electron chi connectivity index (χ2n) is 4.84. The molecule has 0 saturated carbocycles. The van der Waals surface area contributed by atoms with Crippen molar-refractivity contribution >= 4 is 39.8 Å². The number of aryl methyl sites for hydroxylation is 1. The molecular formula is C15H16N4OS2. The topological polar surface area (TPSA) is 59.3 Å². The SMILES string of the molecule is Cc1csc(NC(=O)CCSCc2cn3ccccc3n2)n1. The Morgan fingerprint density at radius 2 is 2.32 bits per heavy atom. The van der Waals surface area contributed by atoms with E-state index in [4.69, 9.17) is 0 Å². The molecule has 0 saturated heterocycles. The number of thioether (sulfide) groups is 1. The normalized spacial score (nSPS) is 11.0. The van der Waals surface area contributed by atoms with Gasteiger partial charge in [0.25, 0.3) is 0 Å². The Labute approximate surface area is 136 Å². The number of amides is 1. The molecule has 0 fully saturated rings. The maximum Gasteiger partial charge on any atom is 0.226 e. The molecule has 3 aromatic rings. The number of pyridine rings is 1. The van der Waals surface area contributed by atoms with E-state index in [9.17, 15) is 4.79 Å². The zero-order valence-electron chi connectivity index (χ0n) is 12.2. The lowest BCUT2D eigenvalue weighted by atomic mass is 10.4. The highest BCUT2D eigenvalue weighted by Gasteiger charge is 2.06. The summed E-state index contributed by atoms with van der Waals surface area (Å²) in [6.45, 7) is 1.91. The van der Waals surface area contributed by atoms with Crippen LogP contribution in [0.4, 0.5) is 5.13 Å². The van der Waals surface area contributed by atoms with Gasteiger partial charge in [-0.1, -0.05) is 6.07 Å². The van der Waals surface area contributed by atoms with Crippen LogP contribution in [0.1, 0.15) is 17.8 Å². The van der Waals surface area contributed by atoms with E-state index < -0.39 is 0 Å². The molecule has 0 radical (unpaired) electrons. The van der Waals surface area contributed by atoms with Crippen LogP contribution in [0.3, 0.4) is 0 Å². The average molecular weight is 332 g/mol. The van der Waals surface area contributed by atoms with Gasteiger partial charge in [0.2, 0.25) is 5.91 Å². The number of rotatable bonds is 6. The lowest BCUT2D eigenvalue weighted by Gasteiger charge is -2.01. The van der Waals surface area contributed by atoms with Crippen molar-refractivity contribution in [3.8, 4) is 0 Å². The van der Waals surface area contributed by atoms with Gasteiger partial charge in [-0.2, -0.15) is 11.8 Å². The van der Waals surface area contributed by atoms with Crippen LogP contribution in [-0.2, 0) is 10.5 Å². The number of hydrogen-bond acceptors (Lipinski definition) is 5. The Morgan fingerprint density at radius 1 is 1.41 bits per heavy atom. The highest BCUT2D eigenvalue weighted by Crippen LogP contribution is 2.16. The van der Waals surface area contributed by atoms with E-state index in [2.05, 4.69) is 15.3 Å². The predicted molar refractivity (Wildman–Crippen MR) is 91.5 cm³/mol. The van der Waals surface area contributed by atoms with Crippen molar-refractivity contribution in [2.45, 2.75) is 19.1 Å². The number of aromatic nitrogens is 3. The number of anilines is 1. The number of carbonyl (C=O) groups excluding carboxylic acids is 1. The van der Waals surface area contributed by atoms with Gasteiger partial charge in [-0.05, 0) is 19.1 Å². The smallest absolute Gasteiger partial charge is 0.226 e. The van der Waals surface area contributed by atoms with Gasteiger partial charge >= 0.3 is 0 Å². The number of imidazole rings is 1. The van der Waals surface area contributed by atoms with Crippen molar-refractivity contribution < 1.29 is 4.79 Å². The van der Waals surface area contributed by atoms with Crippen molar-refractivity contribution in [1.82, 2.24) is 14.4 Å². The summed E-state index contributed by atoms with van der Waals surface area (Å²) >= 11 is 3.17. The van der Waals surface area contributed by atoms with E-state index in [0.717, 1.165) is 28.5 Å². The first-order valence-corrected chi connectivity index (χ1v) is 8.96. The number of nitrogens with one attached hydrogen (secondary N) is 1. The summed E-state index contributed by atoms with van der Waals surface area (Å²) in [4.78, 5) is 20.5. The molecule has 1 N–H and O–H groups in total. The number of thiazole rings is 1. The van der Waals surface area contributed by atoms with Crippen molar-refractivity contribution in [1.29, 1.82) is 0 Å². The minimum absolute atomic E-state index is 0.0110. The fourth-order valence-corrected chi connectivity index (χ4v) is 3.52. The molecule has 5 nitrogen and oxygen atoms in total. The summed E-state index contributed by atoms with van der Waals surface area (Å²) < 4.78 is 2.01. The maximum absolute atomic E-state index is 11.8. The molecular weight excluding hydrogens is 316 g/mol. The van der Waals surface area contributed by atoms with Crippen LogP contribution in [0.15, 0.2) is 36.0 Å². The molecule has 0 unspecified atom stereocenters. The van der Waals surface area contributed by atoms with Crippen molar-refractivity contribution in [2.24, 2.45) is 0 Å². The summed E-state index contributed by atoms with van der Waals surface area (Å²) in [6, 6.07) is 5.94. The molecule has 0 aliphatic rings.